The van der Waals surface area contributed by atoms with Gasteiger partial charge in [0, 0.05) is 25.6 Å². The molecular formula is C22H33N3O4. The topological polar surface area (TPSA) is 76.7 Å². The molecular weight excluding hydrogens is 370 g/mol. The van der Waals surface area contributed by atoms with E-state index in [1.165, 1.54) is 0 Å². The molecule has 1 aromatic carbocycles. The van der Waals surface area contributed by atoms with Crippen LogP contribution in [-0.4, -0.2) is 54.3 Å². The van der Waals surface area contributed by atoms with Gasteiger partial charge < -0.3 is 19.4 Å². The number of rotatable bonds is 10. The number of nitrogens with zero attached hydrogens (tertiary/aromatic N) is 2. The van der Waals surface area contributed by atoms with Crippen LogP contribution in [0.5, 0.6) is 0 Å². The van der Waals surface area contributed by atoms with E-state index >= 15 is 0 Å². The van der Waals surface area contributed by atoms with Gasteiger partial charge >= 0.3 is 5.76 Å². The van der Waals surface area contributed by atoms with Gasteiger partial charge in [0.2, 0.25) is 5.91 Å². The van der Waals surface area contributed by atoms with Crippen molar-refractivity contribution in [3.8, 4) is 0 Å². The van der Waals surface area contributed by atoms with Crippen molar-refractivity contribution in [3.05, 3.63) is 34.8 Å². The minimum Gasteiger partial charge on any atom is -0.408 e. The predicted molar refractivity (Wildman–Crippen MR) is 113 cm³/mol. The van der Waals surface area contributed by atoms with E-state index in [2.05, 4.69) is 10.2 Å². The number of piperidine rings is 1. The number of ether oxygens (including phenoxy) is 1. The zero-order valence-corrected chi connectivity index (χ0v) is 17.6. The second-order valence-corrected chi connectivity index (χ2v) is 8.02. The molecule has 0 saturated carbocycles. The average Bonchev–Trinajstić information content (AvgIpc) is 3.03. The number of benzene rings is 1. The predicted octanol–water partition coefficient (Wildman–Crippen LogP) is 2.63. The van der Waals surface area contributed by atoms with E-state index in [-0.39, 0.29) is 23.7 Å². The first-order chi connectivity index (χ1) is 14.0. The molecule has 7 heteroatoms. The highest BCUT2D eigenvalue weighted by molar-refractivity contribution is 5.78. The van der Waals surface area contributed by atoms with E-state index in [0.29, 0.717) is 25.3 Å². The number of amides is 1. The summed E-state index contributed by atoms with van der Waals surface area (Å²) in [6.07, 6.45) is 3.76. The van der Waals surface area contributed by atoms with Crippen LogP contribution in [-0.2, 0) is 16.1 Å². The molecule has 1 fully saturated rings. The summed E-state index contributed by atoms with van der Waals surface area (Å²) in [5, 5.41) is 3.04. The molecule has 1 aliphatic rings. The maximum atomic E-state index is 12.3. The molecule has 0 spiro atoms. The third-order valence-electron chi connectivity index (χ3n) is 5.46. The Morgan fingerprint density at radius 2 is 1.97 bits per heavy atom. The highest BCUT2D eigenvalue weighted by Crippen LogP contribution is 2.18. The number of nitrogens with one attached hydrogen (secondary N) is 1. The molecule has 160 valence electrons. The molecule has 1 aromatic heterocycles. The maximum Gasteiger partial charge on any atom is 0.419 e. The number of aryl methyl sites for hydroxylation is 1. The lowest BCUT2D eigenvalue weighted by molar-refractivity contribution is -0.126. The normalized spacial score (nSPS) is 16.0. The van der Waals surface area contributed by atoms with Gasteiger partial charge in [-0.2, -0.15) is 0 Å². The summed E-state index contributed by atoms with van der Waals surface area (Å²) in [4.78, 5) is 26.7. The van der Waals surface area contributed by atoms with Crippen molar-refractivity contribution in [2.45, 2.75) is 52.2 Å². The molecule has 1 saturated heterocycles. The maximum absolute atomic E-state index is 12.3. The van der Waals surface area contributed by atoms with Gasteiger partial charge in [-0.15, -0.1) is 0 Å². The Hall–Kier alpha value is -2.12. The average molecular weight is 404 g/mol. The van der Waals surface area contributed by atoms with Crippen molar-refractivity contribution < 1.29 is 13.9 Å². The molecule has 3 rings (SSSR count). The highest BCUT2D eigenvalue weighted by Gasteiger charge is 2.24. The second-order valence-electron chi connectivity index (χ2n) is 8.02. The first-order valence-corrected chi connectivity index (χ1v) is 10.7. The zero-order chi connectivity index (χ0) is 20.6. The Balaban J connectivity index is 1.34. The molecule has 1 aliphatic heterocycles. The van der Waals surface area contributed by atoms with E-state index in [1.54, 1.807) is 4.57 Å². The van der Waals surface area contributed by atoms with Crippen molar-refractivity contribution in [1.29, 1.82) is 0 Å². The molecule has 1 amide bonds. The van der Waals surface area contributed by atoms with Crippen LogP contribution < -0.4 is 11.1 Å². The van der Waals surface area contributed by atoms with Gasteiger partial charge in [-0.25, -0.2) is 4.79 Å². The molecule has 0 unspecified atom stereocenters. The van der Waals surface area contributed by atoms with Crippen molar-refractivity contribution in [1.82, 2.24) is 14.8 Å². The molecule has 7 nitrogen and oxygen atoms in total. The number of fused-ring (bicyclic) bond motifs is 1. The number of hydrogen-bond acceptors (Lipinski definition) is 5. The quantitative estimate of drug-likeness (QED) is 0.617. The van der Waals surface area contributed by atoms with Crippen LogP contribution in [0.25, 0.3) is 11.1 Å². The van der Waals surface area contributed by atoms with E-state index in [0.717, 1.165) is 50.8 Å². The number of para-hydroxylation sites is 2. The SMILES string of the molecule is CC(C)OCCCNC(=O)C1CCN(CCCn2c(=O)oc3ccccc32)CC1. The Morgan fingerprint density at radius 1 is 1.21 bits per heavy atom. The Kier molecular flexibility index (Phi) is 7.89. The first-order valence-electron chi connectivity index (χ1n) is 10.7. The lowest BCUT2D eigenvalue weighted by Crippen LogP contribution is -2.41. The summed E-state index contributed by atoms with van der Waals surface area (Å²) in [6.45, 7) is 8.82. The molecule has 0 aliphatic carbocycles. The van der Waals surface area contributed by atoms with Crippen LogP contribution in [0, 0.1) is 5.92 Å². The molecule has 0 radical (unpaired) electrons. The fourth-order valence-electron chi connectivity index (χ4n) is 3.84. The van der Waals surface area contributed by atoms with Gasteiger partial charge in [0.15, 0.2) is 5.58 Å². The van der Waals surface area contributed by atoms with Gasteiger partial charge in [0.1, 0.15) is 0 Å². The van der Waals surface area contributed by atoms with Crippen LogP contribution in [0.15, 0.2) is 33.5 Å². The fraction of sp³-hybridized carbons (Fsp3) is 0.636. The monoisotopic (exact) mass is 403 g/mol. The largest absolute Gasteiger partial charge is 0.419 e. The molecule has 1 N–H and O–H groups in total. The Morgan fingerprint density at radius 3 is 2.72 bits per heavy atom. The summed E-state index contributed by atoms with van der Waals surface area (Å²) < 4.78 is 12.5. The van der Waals surface area contributed by atoms with Crippen LogP contribution in [0.2, 0.25) is 0 Å². The summed E-state index contributed by atoms with van der Waals surface area (Å²) in [6, 6.07) is 7.52. The van der Waals surface area contributed by atoms with Crippen molar-refractivity contribution in [2.75, 3.05) is 32.8 Å². The second kappa shape index (κ2) is 10.6. The van der Waals surface area contributed by atoms with Crippen molar-refractivity contribution in [3.63, 3.8) is 0 Å². The number of carbonyl (C=O) groups is 1. The minimum atomic E-state index is -0.291. The van der Waals surface area contributed by atoms with Crippen molar-refractivity contribution in [2.24, 2.45) is 5.92 Å². The molecule has 0 atom stereocenters. The lowest BCUT2D eigenvalue weighted by atomic mass is 9.96. The van der Waals surface area contributed by atoms with Crippen LogP contribution in [0.1, 0.15) is 39.5 Å². The molecule has 2 aromatic rings. The Bertz CT molecular complexity index is 834. The van der Waals surface area contributed by atoms with E-state index in [4.69, 9.17) is 9.15 Å². The van der Waals surface area contributed by atoms with Gasteiger partial charge in [-0.05, 0) is 71.3 Å². The number of carbonyl (C=O) groups excluding carboxylic acids is 1. The number of likely N-dealkylation sites (tertiary alicyclic amines) is 1. The van der Waals surface area contributed by atoms with Gasteiger partial charge in [-0.1, -0.05) is 12.1 Å². The Labute approximate surface area is 172 Å². The minimum absolute atomic E-state index is 0.109. The summed E-state index contributed by atoms with van der Waals surface area (Å²) in [7, 11) is 0. The van der Waals surface area contributed by atoms with E-state index < -0.39 is 0 Å². The van der Waals surface area contributed by atoms with E-state index in [1.807, 2.05) is 38.1 Å². The smallest absolute Gasteiger partial charge is 0.408 e. The third-order valence-corrected chi connectivity index (χ3v) is 5.46. The standard InChI is InChI=1S/C22H33N3O4/c1-17(2)28-16-5-11-23-21(26)18-9-14-24(15-10-18)12-6-13-25-19-7-3-4-8-20(19)29-22(25)27/h3-4,7-8,17-18H,5-6,9-16H2,1-2H3,(H,23,26). The molecule has 2 heterocycles. The van der Waals surface area contributed by atoms with Gasteiger partial charge in [0.05, 0.1) is 11.6 Å². The van der Waals surface area contributed by atoms with Crippen LogP contribution in [0.4, 0.5) is 0 Å². The first kappa shape index (κ1) is 21.6. The summed E-state index contributed by atoms with van der Waals surface area (Å²) in [5.41, 5.74) is 1.49. The number of oxazole rings is 1. The highest BCUT2D eigenvalue weighted by atomic mass is 16.5. The number of aromatic nitrogens is 1. The summed E-state index contributed by atoms with van der Waals surface area (Å²) in [5.74, 6) is -0.0105. The summed E-state index contributed by atoms with van der Waals surface area (Å²) >= 11 is 0. The van der Waals surface area contributed by atoms with Crippen LogP contribution in [0.3, 0.4) is 0 Å². The van der Waals surface area contributed by atoms with Crippen LogP contribution >= 0.6 is 0 Å². The third kappa shape index (κ3) is 6.18. The lowest BCUT2D eigenvalue weighted by Gasteiger charge is -2.31. The van der Waals surface area contributed by atoms with Gasteiger partial charge in [-0.3, -0.25) is 9.36 Å². The van der Waals surface area contributed by atoms with Crippen molar-refractivity contribution >= 4 is 17.0 Å². The van der Waals surface area contributed by atoms with E-state index in [9.17, 15) is 9.59 Å². The molecule has 29 heavy (non-hydrogen) atoms. The number of hydrogen-bond donors (Lipinski definition) is 1. The van der Waals surface area contributed by atoms with Gasteiger partial charge in [0.25, 0.3) is 0 Å². The molecule has 0 bridgehead atoms. The zero-order valence-electron chi connectivity index (χ0n) is 17.6. The fourth-order valence-corrected chi connectivity index (χ4v) is 3.84.